The minimum atomic E-state index is -0.555. The Kier molecular flexibility index (Phi) is 3.79. The molecule has 0 bridgehead atoms. The molecule has 0 fully saturated rings. The van der Waals surface area contributed by atoms with Crippen molar-refractivity contribution in [3.63, 3.8) is 0 Å². The number of thiophene rings is 1. The van der Waals surface area contributed by atoms with Gasteiger partial charge in [0.1, 0.15) is 16.4 Å². The van der Waals surface area contributed by atoms with Crippen LogP contribution in [0.3, 0.4) is 0 Å². The number of aromatic nitrogens is 1. The van der Waals surface area contributed by atoms with Crippen LogP contribution in [-0.4, -0.2) is 23.9 Å². The fourth-order valence-electron chi connectivity index (χ4n) is 2.37. The Bertz CT molecular complexity index is 911. The number of anilines is 1. The van der Waals surface area contributed by atoms with E-state index in [0.29, 0.717) is 22.0 Å². The predicted molar refractivity (Wildman–Crippen MR) is 90.4 cm³/mol. The van der Waals surface area contributed by atoms with Gasteiger partial charge in [-0.05, 0) is 42.1 Å². The monoisotopic (exact) mass is 329 g/mol. The summed E-state index contributed by atoms with van der Waals surface area (Å²) in [4.78, 5) is 26.9. The molecule has 2 aromatic heterocycles. The van der Waals surface area contributed by atoms with E-state index in [2.05, 4.69) is 10.3 Å². The van der Waals surface area contributed by atoms with E-state index in [4.69, 9.17) is 10.5 Å². The summed E-state index contributed by atoms with van der Waals surface area (Å²) in [6.45, 7) is 1.78. The summed E-state index contributed by atoms with van der Waals surface area (Å²) in [6, 6.07) is 7.23. The smallest absolute Gasteiger partial charge is 0.272 e. The first-order chi connectivity index (χ1) is 11.0. The second-order valence-electron chi connectivity index (χ2n) is 5.08. The summed E-state index contributed by atoms with van der Waals surface area (Å²) < 4.78 is 5.17. The Morgan fingerprint density at radius 3 is 2.78 bits per heavy atom. The van der Waals surface area contributed by atoms with Crippen molar-refractivity contribution in [3.05, 3.63) is 46.5 Å². The molecule has 1 aromatic carbocycles. The lowest BCUT2D eigenvalue weighted by molar-refractivity contribution is 0.100. The van der Waals surface area contributed by atoms with Gasteiger partial charge in [-0.3, -0.25) is 9.59 Å². The number of fused-ring (bicyclic) bond motifs is 1. The van der Waals surface area contributed by atoms with Crippen LogP contribution < -0.4 is 15.8 Å². The largest absolute Gasteiger partial charge is 0.497 e. The van der Waals surface area contributed by atoms with Gasteiger partial charge in [0.15, 0.2) is 0 Å². The molecule has 0 unspecified atom stereocenters. The SMILES string of the molecule is COc1ccc2[nH]c(C(=O)Nc3scc(C)c3C(N)=O)cc2c1. The van der Waals surface area contributed by atoms with Crippen molar-refractivity contribution in [1.82, 2.24) is 4.98 Å². The second-order valence-corrected chi connectivity index (χ2v) is 5.96. The molecular formula is C16H15N3O3S. The van der Waals surface area contributed by atoms with Crippen LogP contribution in [0.4, 0.5) is 5.00 Å². The van der Waals surface area contributed by atoms with Gasteiger partial charge in [-0.1, -0.05) is 0 Å². The number of benzene rings is 1. The van der Waals surface area contributed by atoms with Gasteiger partial charge >= 0.3 is 0 Å². The van der Waals surface area contributed by atoms with E-state index in [9.17, 15) is 9.59 Å². The maximum absolute atomic E-state index is 12.4. The highest BCUT2D eigenvalue weighted by Crippen LogP contribution is 2.28. The maximum atomic E-state index is 12.4. The van der Waals surface area contributed by atoms with Crippen LogP contribution in [0.2, 0.25) is 0 Å². The predicted octanol–water partition coefficient (Wildman–Crippen LogP) is 2.90. The van der Waals surface area contributed by atoms with Crippen molar-refractivity contribution in [3.8, 4) is 5.75 Å². The first kappa shape index (κ1) is 15.1. The number of nitrogens with two attached hydrogens (primary N) is 1. The molecule has 3 rings (SSSR count). The highest BCUT2D eigenvalue weighted by Gasteiger charge is 2.18. The van der Waals surface area contributed by atoms with Gasteiger partial charge in [0, 0.05) is 10.9 Å². The van der Waals surface area contributed by atoms with Crippen LogP contribution in [0, 0.1) is 6.92 Å². The van der Waals surface area contributed by atoms with Crippen molar-refractivity contribution in [1.29, 1.82) is 0 Å². The summed E-state index contributed by atoms with van der Waals surface area (Å²) in [7, 11) is 1.59. The molecule has 23 heavy (non-hydrogen) atoms. The molecule has 2 heterocycles. The summed E-state index contributed by atoms with van der Waals surface area (Å²) >= 11 is 1.27. The number of carbonyl (C=O) groups is 2. The van der Waals surface area contributed by atoms with E-state index < -0.39 is 5.91 Å². The van der Waals surface area contributed by atoms with E-state index in [1.54, 1.807) is 25.5 Å². The fourth-order valence-corrected chi connectivity index (χ4v) is 3.32. The zero-order valence-corrected chi connectivity index (χ0v) is 13.4. The van der Waals surface area contributed by atoms with Crippen LogP contribution in [0.25, 0.3) is 10.9 Å². The molecule has 4 N–H and O–H groups in total. The molecule has 0 atom stereocenters. The van der Waals surface area contributed by atoms with Crippen LogP contribution in [0.1, 0.15) is 26.4 Å². The van der Waals surface area contributed by atoms with Crippen LogP contribution in [0.15, 0.2) is 29.6 Å². The highest BCUT2D eigenvalue weighted by atomic mass is 32.1. The number of ether oxygens (including phenoxy) is 1. The number of nitrogens with one attached hydrogen (secondary N) is 2. The molecule has 0 saturated heterocycles. The molecule has 0 aliphatic rings. The van der Waals surface area contributed by atoms with Crippen molar-refractivity contribution in [2.45, 2.75) is 6.92 Å². The Labute approximate surface area is 136 Å². The van der Waals surface area contributed by atoms with E-state index >= 15 is 0 Å². The van der Waals surface area contributed by atoms with E-state index in [1.165, 1.54) is 11.3 Å². The third-order valence-electron chi connectivity index (χ3n) is 3.52. The fraction of sp³-hybridized carbons (Fsp3) is 0.125. The van der Waals surface area contributed by atoms with Crippen molar-refractivity contribution in [2.24, 2.45) is 5.73 Å². The topological polar surface area (TPSA) is 97.2 Å². The van der Waals surface area contributed by atoms with Crippen LogP contribution in [-0.2, 0) is 0 Å². The standard InChI is InChI=1S/C16H15N3O3S/c1-8-7-23-16(13(8)14(17)20)19-15(21)12-6-9-5-10(22-2)3-4-11(9)18-12/h3-7,18H,1-2H3,(H2,17,20)(H,19,21). The van der Waals surface area contributed by atoms with Gasteiger partial charge in [-0.15, -0.1) is 11.3 Å². The molecule has 3 aromatic rings. The number of H-pyrrole nitrogens is 1. The summed E-state index contributed by atoms with van der Waals surface area (Å²) in [5.74, 6) is -0.168. The van der Waals surface area contributed by atoms with Gasteiger partial charge in [0.05, 0.1) is 12.7 Å². The quantitative estimate of drug-likeness (QED) is 0.686. The Balaban J connectivity index is 1.90. The number of aryl methyl sites for hydroxylation is 1. The zero-order chi connectivity index (χ0) is 16.6. The van der Waals surface area contributed by atoms with Crippen molar-refractivity contribution < 1.29 is 14.3 Å². The summed E-state index contributed by atoms with van der Waals surface area (Å²) in [5, 5.41) is 5.84. The molecule has 0 aliphatic heterocycles. The first-order valence-corrected chi connectivity index (χ1v) is 7.73. The third-order valence-corrected chi connectivity index (χ3v) is 4.53. The third kappa shape index (κ3) is 2.78. The second kappa shape index (κ2) is 5.77. The summed E-state index contributed by atoms with van der Waals surface area (Å²) in [6.07, 6.45) is 0. The number of rotatable bonds is 4. The van der Waals surface area contributed by atoms with Crippen LogP contribution >= 0.6 is 11.3 Å². The van der Waals surface area contributed by atoms with Gasteiger partial charge < -0.3 is 20.8 Å². The van der Waals surface area contributed by atoms with Crippen molar-refractivity contribution in [2.75, 3.05) is 12.4 Å². The Hall–Kier alpha value is -2.80. The molecule has 2 amide bonds. The number of aromatic amines is 1. The molecule has 118 valence electrons. The average Bonchev–Trinajstić information content (AvgIpc) is 3.09. The van der Waals surface area contributed by atoms with Crippen molar-refractivity contribution >= 4 is 39.1 Å². The lowest BCUT2D eigenvalue weighted by atomic mass is 10.2. The minimum Gasteiger partial charge on any atom is -0.497 e. The Morgan fingerprint density at radius 1 is 1.30 bits per heavy atom. The molecule has 0 saturated carbocycles. The first-order valence-electron chi connectivity index (χ1n) is 6.85. The molecule has 7 heteroatoms. The lowest BCUT2D eigenvalue weighted by Crippen LogP contribution is -2.17. The minimum absolute atomic E-state index is 0.329. The molecule has 0 spiro atoms. The number of amides is 2. The summed E-state index contributed by atoms with van der Waals surface area (Å²) in [5.41, 5.74) is 7.68. The maximum Gasteiger partial charge on any atom is 0.272 e. The number of hydrogen-bond donors (Lipinski definition) is 3. The number of methoxy groups -OCH3 is 1. The van der Waals surface area contributed by atoms with E-state index in [-0.39, 0.29) is 5.91 Å². The molecule has 0 radical (unpaired) electrons. The Morgan fingerprint density at radius 2 is 2.09 bits per heavy atom. The molecule has 6 nitrogen and oxygen atoms in total. The average molecular weight is 329 g/mol. The molecular weight excluding hydrogens is 314 g/mol. The van der Waals surface area contributed by atoms with E-state index in [1.807, 2.05) is 18.2 Å². The molecule has 0 aliphatic carbocycles. The number of hydrogen-bond acceptors (Lipinski definition) is 4. The highest BCUT2D eigenvalue weighted by molar-refractivity contribution is 7.15. The normalized spacial score (nSPS) is 10.7. The van der Waals surface area contributed by atoms with Gasteiger partial charge in [0.2, 0.25) is 0 Å². The van der Waals surface area contributed by atoms with Crippen LogP contribution in [0.5, 0.6) is 5.75 Å². The number of primary amides is 1. The van der Waals surface area contributed by atoms with E-state index in [0.717, 1.165) is 16.5 Å². The number of carbonyl (C=O) groups excluding carboxylic acids is 2. The van der Waals surface area contributed by atoms with Gasteiger partial charge in [0.25, 0.3) is 11.8 Å². The van der Waals surface area contributed by atoms with Gasteiger partial charge in [-0.25, -0.2) is 0 Å². The van der Waals surface area contributed by atoms with Gasteiger partial charge in [-0.2, -0.15) is 0 Å². The zero-order valence-electron chi connectivity index (χ0n) is 12.6. The lowest BCUT2D eigenvalue weighted by Gasteiger charge is -2.03.